The molecule has 0 atom stereocenters. The van der Waals surface area contributed by atoms with Crippen LogP contribution in [0.5, 0.6) is 0 Å². The average Bonchev–Trinajstić information content (AvgIpc) is 2.77. The molecule has 0 saturated heterocycles. The van der Waals surface area contributed by atoms with Crippen molar-refractivity contribution in [2.75, 3.05) is 33.2 Å². The van der Waals surface area contributed by atoms with Gasteiger partial charge in [0.05, 0.1) is 4.90 Å². The Morgan fingerprint density at radius 3 is 2.50 bits per heavy atom. The summed E-state index contributed by atoms with van der Waals surface area (Å²) in [6.45, 7) is 9.74. The lowest BCUT2D eigenvalue weighted by atomic mass is 10.4. The molecule has 0 radical (unpaired) electrons. The smallest absolute Gasteiger partial charge is 0.241 e. The van der Waals surface area contributed by atoms with Crippen LogP contribution in [-0.4, -0.2) is 46.5 Å². The Morgan fingerprint density at radius 1 is 1.30 bits per heavy atom. The number of hydrogen-bond donors (Lipinski definition) is 2. The first-order chi connectivity index (χ1) is 9.44. The van der Waals surface area contributed by atoms with E-state index in [1.165, 1.54) is 11.3 Å². The summed E-state index contributed by atoms with van der Waals surface area (Å²) in [5.41, 5.74) is 0. The highest BCUT2D eigenvalue weighted by atomic mass is 32.2. The van der Waals surface area contributed by atoms with E-state index >= 15 is 0 Å². The van der Waals surface area contributed by atoms with E-state index in [0.717, 1.165) is 29.4 Å². The van der Waals surface area contributed by atoms with E-state index in [1.807, 2.05) is 14.0 Å². The highest BCUT2D eigenvalue weighted by Gasteiger charge is 2.19. The Bertz CT molecular complexity index is 508. The lowest BCUT2D eigenvalue weighted by Crippen LogP contribution is -2.34. The first kappa shape index (κ1) is 17.6. The summed E-state index contributed by atoms with van der Waals surface area (Å²) in [5.74, 6) is 0. The second-order valence-electron chi connectivity index (χ2n) is 4.59. The molecule has 0 unspecified atom stereocenters. The summed E-state index contributed by atoms with van der Waals surface area (Å²) in [4.78, 5) is 4.47. The van der Waals surface area contributed by atoms with E-state index in [9.17, 15) is 8.42 Å². The largest absolute Gasteiger partial charge is 0.315 e. The van der Waals surface area contributed by atoms with Crippen LogP contribution in [0.4, 0.5) is 0 Å². The molecule has 0 bridgehead atoms. The maximum Gasteiger partial charge on any atom is 0.241 e. The predicted molar refractivity (Wildman–Crippen MR) is 84.8 cm³/mol. The minimum absolute atomic E-state index is 0.410. The minimum Gasteiger partial charge on any atom is -0.315 e. The zero-order valence-electron chi connectivity index (χ0n) is 12.7. The van der Waals surface area contributed by atoms with Crippen molar-refractivity contribution >= 4 is 21.4 Å². The fourth-order valence-corrected chi connectivity index (χ4v) is 4.67. The molecule has 2 N–H and O–H groups in total. The normalized spacial score (nSPS) is 12.2. The molecule has 5 nitrogen and oxygen atoms in total. The molecule has 1 aromatic rings. The zero-order chi connectivity index (χ0) is 15.2. The van der Waals surface area contributed by atoms with Gasteiger partial charge in [0.15, 0.2) is 0 Å². The molecule has 0 aliphatic heterocycles. The van der Waals surface area contributed by atoms with E-state index in [-0.39, 0.29) is 0 Å². The van der Waals surface area contributed by atoms with E-state index in [2.05, 4.69) is 28.8 Å². The maximum atomic E-state index is 12.3. The van der Waals surface area contributed by atoms with Crippen molar-refractivity contribution in [2.45, 2.75) is 32.2 Å². The topological polar surface area (TPSA) is 61.4 Å². The number of nitrogens with zero attached hydrogens (tertiary/aromatic N) is 1. The van der Waals surface area contributed by atoms with Crippen LogP contribution >= 0.6 is 11.3 Å². The van der Waals surface area contributed by atoms with Crippen LogP contribution in [0.25, 0.3) is 0 Å². The third-order valence-electron chi connectivity index (χ3n) is 3.18. The maximum absolute atomic E-state index is 12.3. The molecule has 0 fully saturated rings. The van der Waals surface area contributed by atoms with Crippen molar-refractivity contribution < 1.29 is 8.42 Å². The van der Waals surface area contributed by atoms with E-state index < -0.39 is 10.0 Å². The van der Waals surface area contributed by atoms with Gasteiger partial charge >= 0.3 is 0 Å². The lowest BCUT2D eigenvalue weighted by molar-refractivity contribution is 0.309. The Morgan fingerprint density at radius 2 is 1.95 bits per heavy atom. The SMILES string of the molecule is CCN(CC)CCNS(=O)(=O)c1cc(CNC)sc1C. The highest BCUT2D eigenvalue weighted by molar-refractivity contribution is 7.89. The Balaban J connectivity index is 2.69. The summed E-state index contributed by atoms with van der Waals surface area (Å²) in [7, 11) is -1.54. The molecule has 0 aliphatic rings. The number of hydrogen-bond acceptors (Lipinski definition) is 5. The molecule has 7 heteroatoms. The fourth-order valence-electron chi connectivity index (χ4n) is 2.01. The number of aryl methyl sites for hydroxylation is 1. The van der Waals surface area contributed by atoms with E-state index in [0.29, 0.717) is 18.0 Å². The number of thiophene rings is 1. The Kier molecular flexibility index (Phi) is 7.11. The molecule has 1 heterocycles. The summed E-state index contributed by atoms with van der Waals surface area (Å²) >= 11 is 1.52. The van der Waals surface area contributed by atoms with Gasteiger partial charge in [-0.1, -0.05) is 13.8 Å². The van der Waals surface area contributed by atoms with Gasteiger partial charge in [-0.05, 0) is 33.1 Å². The van der Waals surface area contributed by atoms with Crippen molar-refractivity contribution in [3.8, 4) is 0 Å². The van der Waals surface area contributed by atoms with Gasteiger partial charge in [0.25, 0.3) is 0 Å². The molecule has 20 heavy (non-hydrogen) atoms. The Hall–Kier alpha value is -0.470. The molecule has 1 aromatic heterocycles. The summed E-state index contributed by atoms with van der Waals surface area (Å²) in [6.07, 6.45) is 0. The van der Waals surface area contributed by atoms with Gasteiger partial charge in [-0.2, -0.15) is 0 Å². The van der Waals surface area contributed by atoms with Crippen LogP contribution in [0.15, 0.2) is 11.0 Å². The molecule has 0 aliphatic carbocycles. The van der Waals surface area contributed by atoms with Crippen molar-refractivity contribution in [2.24, 2.45) is 0 Å². The van der Waals surface area contributed by atoms with Crippen molar-refractivity contribution in [3.63, 3.8) is 0 Å². The number of sulfonamides is 1. The van der Waals surface area contributed by atoms with E-state index in [1.54, 1.807) is 6.07 Å². The van der Waals surface area contributed by atoms with Gasteiger partial charge in [0.1, 0.15) is 0 Å². The standard InChI is InChI=1S/C13H25N3O2S2/c1-5-16(6-2)8-7-15-20(17,18)13-9-12(10-14-4)19-11(13)3/h9,14-15H,5-8,10H2,1-4H3. The van der Waals surface area contributed by atoms with Gasteiger partial charge in [0.2, 0.25) is 10.0 Å². The summed E-state index contributed by atoms with van der Waals surface area (Å²) < 4.78 is 27.3. The third kappa shape index (κ3) is 4.82. The van der Waals surface area contributed by atoms with Crippen LogP contribution < -0.4 is 10.0 Å². The molecular formula is C13H25N3O2S2. The molecular weight excluding hydrogens is 294 g/mol. The third-order valence-corrected chi connectivity index (χ3v) is 5.95. The van der Waals surface area contributed by atoms with Gasteiger partial charge in [-0.3, -0.25) is 0 Å². The second kappa shape index (κ2) is 8.09. The minimum atomic E-state index is -3.39. The summed E-state index contributed by atoms with van der Waals surface area (Å²) in [6, 6.07) is 1.76. The van der Waals surface area contributed by atoms with Gasteiger partial charge < -0.3 is 10.2 Å². The number of nitrogens with one attached hydrogen (secondary N) is 2. The quantitative estimate of drug-likeness (QED) is 0.722. The van der Waals surface area contributed by atoms with Gasteiger partial charge in [-0.15, -0.1) is 11.3 Å². The first-order valence-corrected chi connectivity index (χ1v) is 9.20. The fraction of sp³-hybridized carbons (Fsp3) is 0.692. The molecule has 0 aromatic carbocycles. The molecule has 0 saturated carbocycles. The van der Waals surface area contributed by atoms with Crippen molar-refractivity contribution in [1.29, 1.82) is 0 Å². The van der Waals surface area contributed by atoms with Crippen LogP contribution in [0.2, 0.25) is 0 Å². The first-order valence-electron chi connectivity index (χ1n) is 6.90. The zero-order valence-corrected chi connectivity index (χ0v) is 14.3. The number of likely N-dealkylation sites (N-methyl/N-ethyl adjacent to an activating group) is 1. The van der Waals surface area contributed by atoms with Crippen LogP contribution in [0.1, 0.15) is 23.6 Å². The van der Waals surface area contributed by atoms with Crippen molar-refractivity contribution in [3.05, 3.63) is 15.8 Å². The van der Waals surface area contributed by atoms with Crippen molar-refractivity contribution in [1.82, 2.24) is 14.9 Å². The highest BCUT2D eigenvalue weighted by Crippen LogP contribution is 2.25. The van der Waals surface area contributed by atoms with Crippen LogP contribution in [-0.2, 0) is 16.6 Å². The van der Waals surface area contributed by atoms with Crippen LogP contribution in [0.3, 0.4) is 0 Å². The van der Waals surface area contributed by atoms with Gasteiger partial charge in [-0.25, -0.2) is 13.1 Å². The predicted octanol–water partition coefficient (Wildman–Crippen LogP) is 1.40. The Labute approximate surface area is 126 Å². The number of rotatable bonds is 9. The molecule has 0 spiro atoms. The lowest BCUT2D eigenvalue weighted by Gasteiger charge is -2.17. The average molecular weight is 319 g/mol. The van der Waals surface area contributed by atoms with Crippen LogP contribution in [0, 0.1) is 6.92 Å². The molecule has 116 valence electrons. The van der Waals surface area contributed by atoms with Gasteiger partial charge in [0, 0.05) is 29.4 Å². The monoisotopic (exact) mass is 319 g/mol. The molecule has 1 rings (SSSR count). The van der Waals surface area contributed by atoms with E-state index in [4.69, 9.17) is 0 Å². The second-order valence-corrected chi connectivity index (χ2v) is 7.66. The molecule has 0 amide bonds. The summed E-state index contributed by atoms with van der Waals surface area (Å²) in [5, 5.41) is 3.04.